The van der Waals surface area contributed by atoms with Crippen LogP contribution in [0.1, 0.15) is 5.56 Å². The summed E-state index contributed by atoms with van der Waals surface area (Å²) in [6.07, 6.45) is 1.65. The third-order valence-electron chi connectivity index (χ3n) is 1.15. The predicted molar refractivity (Wildman–Crippen MR) is 37.3 cm³/mol. The molecule has 10 heavy (non-hydrogen) atoms. The van der Waals surface area contributed by atoms with Crippen molar-refractivity contribution in [2.24, 2.45) is 0 Å². The van der Waals surface area contributed by atoms with Gasteiger partial charge in [-0.05, 0) is 18.2 Å². The molecule has 1 rings (SSSR count). The number of phenols is 1. The van der Waals surface area contributed by atoms with Crippen molar-refractivity contribution in [2.75, 3.05) is 5.73 Å². The molecule has 3 N–H and O–H groups in total. The summed E-state index contributed by atoms with van der Waals surface area (Å²) in [5.41, 5.74) is 5.81. The summed E-state index contributed by atoms with van der Waals surface area (Å²) in [4.78, 5) is 10.0. The number of nitrogens with two attached hydrogens (primary N) is 1. The van der Waals surface area contributed by atoms with E-state index in [9.17, 15) is 4.79 Å². The number of benzene rings is 1. The molecule has 1 aromatic rings. The van der Waals surface area contributed by atoms with Crippen molar-refractivity contribution in [3.05, 3.63) is 23.8 Å². The molecular weight excluding hydrogens is 130 g/mol. The Labute approximate surface area is 58.1 Å². The smallest absolute Gasteiger partial charge is 0.233 e. The molecule has 0 aliphatic rings. The molecule has 3 nitrogen and oxygen atoms in total. The first-order chi connectivity index (χ1) is 4.74. The molecule has 0 saturated heterocycles. The van der Waals surface area contributed by atoms with E-state index in [-0.39, 0.29) is 11.4 Å². The van der Waals surface area contributed by atoms with Gasteiger partial charge in [-0.3, -0.25) is 4.79 Å². The number of hydrogen-bond acceptors (Lipinski definition) is 3. The van der Waals surface area contributed by atoms with Crippen molar-refractivity contribution >= 4 is 12.0 Å². The number of aromatic hydroxyl groups is 1. The third-order valence-corrected chi connectivity index (χ3v) is 1.15. The van der Waals surface area contributed by atoms with Gasteiger partial charge in [-0.25, -0.2) is 0 Å². The number of hydrogen-bond donors (Lipinski definition) is 2. The van der Waals surface area contributed by atoms with Gasteiger partial charge >= 0.3 is 0 Å². The summed E-state index contributed by atoms with van der Waals surface area (Å²) in [6.45, 7) is 0. The maximum absolute atomic E-state index is 10.0. The second kappa shape index (κ2) is 2.39. The number of rotatable bonds is 1. The Morgan fingerprint density at radius 2 is 2.20 bits per heavy atom. The minimum Gasteiger partial charge on any atom is -0.506 e. The Balaban J connectivity index is 3.16. The zero-order valence-electron chi connectivity index (χ0n) is 5.16. The van der Waals surface area contributed by atoms with Crippen molar-refractivity contribution in [3.8, 4) is 5.75 Å². The third kappa shape index (κ3) is 1.07. The van der Waals surface area contributed by atoms with Gasteiger partial charge in [0.25, 0.3) is 0 Å². The Morgan fingerprint density at radius 3 is 2.70 bits per heavy atom. The molecule has 0 fully saturated rings. The molecule has 1 radical (unpaired) electrons. The van der Waals surface area contributed by atoms with Gasteiger partial charge < -0.3 is 10.8 Å². The van der Waals surface area contributed by atoms with E-state index in [1.54, 1.807) is 6.29 Å². The van der Waals surface area contributed by atoms with E-state index in [1.807, 2.05) is 0 Å². The number of nitrogen functional groups attached to an aromatic ring is 1. The molecule has 0 saturated carbocycles. The van der Waals surface area contributed by atoms with Crippen LogP contribution in [0.15, 0.2) is 18.2 Å². The van der Waals surface area contributed by atoms with Crippen LogP contribution in [0.3, 0.4) is 0 Å². The lowest BCUT2D eigenvalue weighted by Gasteiger charge is -1.96. The maximum atomic E-state index is 10.0. The van der Waals surface area contributed by atoms with Crippen molar-refractivity contribution in [3.63, 3.8) is 0 Å². The molecule has 0 aliphatic carbocycles. The van der Waals surface area contributed by atoms with E-state index in [2.05, 4.69) is 0 Å². The highest BCUT2D eigenvalue weighted by atomic mass is 16.3. The summed E-state index contributed by atoms with van der Waals surface area (Å²) in [5.74, 6) is -0.0148. The Hall–Kier alpha value is -1.51. The zero-order chi connectivity index (χ0) is 7.56. The number of phenolic OH excluding ortho intramolecular Hbond substituents is 1. The van der Waals surface area contributed by atoms with Gasteiger partial charge in [-0.15, -0.1) is 0 Å². The molecule has 0 atom stereocenters. The SMILES string of the molecule is Nc1cc([C]=O)ccc1O. The normalized spacial score (nSPS) is 9.20. The van der Waals surface area contributed by atoms with Crippen LogP contribution < -0.4 is 5.73 Å². The highest BCUT2D eigenvalue weighted by Crippen LogP contribution is 2.18. The molecule has 0 heterocycles. The summed E-state index contributed by atoms with van der Waals surface area (Å²) < 4.78 is 0. The van der Waals surface area contributed by atoms with Crippen molar-refractivity contribution in [1.29, 1.82) is 0 Å². The standard InChI is InChI=1S/C7H6NO2/c8-6-3-5(4-9)1-2-7(6)10/h1-3,10H,8H2. The van der Waals surface area contributed by atoms with Crippen molar-refractivity contribution in [2.45, 2.75) is 0 Å². The number of carbonyl (C=O) groups excluding carboxylic acids is 1. The Morgan fingerprint density at radius 1 is 1.50 bits per heavy atom. The molecule has 0 unspecified atom stereocenters. The molecule has 0 aliphatic heterocycles. The molecule has 1 aromatic carbocycles. The first-order valence-corrected chi connectivity index (χ1v) is 2.70. The summed E-state index contributed by atoms with van der Waals surface area (Å²) >= 11 is 0. The van der Waals surface area contributed by atoms with Gasteiger partial charge in [-0.1, -0.05) is 0 Å². The predicted octanol–water partition coefficient (Wildman–Crippen LogP) is 0.432. The average Bonchev–Trinajstić information content (AvgIpc) is 1.95. The first-order valence-electron chi connectivity index (χ1n) is 2.70. The monoisotopic (exact) mass is 136 g/mol. The van der Waals surface area contributed by atoms with Crippen LogP contribution in [0, 0.1) is 0 Å². The Bertz CT molecular complexity index is 258. The quantitative estimate of drug-likeness (QED) is 0.434. The maximum Gasteiger partial charge on any atom is 0.233 e. The molecule has 0 spiro atoms. The van der Waals surface area contributed by atoms with Crippen LogP contribution in [0.2, 0.25) is 0 Å². The van der Waals surface area contributed by atoms with E-state index in [0.717, 1.165) is 0 Å². The molecule has 3 heteroatoms. The topological polar surface area (TPSA) is 63.3 Å². The molecule has 0 bridgehead atoms. The van der Waals surface area contributed by atoms with Gasteiger partial charge in [-0.2, -0.15) is 0 Å². The van der Waals surface area contributed by atoms with Crippen LogP contribution in [-0.2, 0) is 4.79 Å². The van der Waals surface area contributed by atoms with E-state index < -0.39 is 0 Å². The fourth-order valence-electron chi connectivity index (χ4n) is 0.618. The van der Waals surface area contributed by atoms with E-state index in [0.29, 0.717) is 5.56 Å². The van der Waals surface area contributed by atoms with E-state index >= 15 is 0 Å². The fraction of sp³-hybridized carbons (Fsp3) is 0. The summed E-state index contributed by atoms with van der Waals surface area (Å²) in [6, 6.07) is 4.16. The van der Waals surface area contributed by atoms with Crippen LogP contribution in [0.25, 0.3) is 0 Å². The largest absolute Gasteiger partial charge is 0.506 e. The second-order valence-electron chi connectivity index (χ2n) is 1.88. The second-order valence-corrected chi connectivity index (χ2v) is 1.88. The fourth-order valence-corrected chi connectivity index (χ4v) is 0.618. The van der Waals surface area contributed by atoms with E-state index in [1.165, 1.54) is 18.2 Å². The van der Waals surface area contributed by atoms with Crippen molar-refractivity contribution < 1.29 is 9.90 Å². The van der Waals surface area contributed by atoms with Crippen LogP contribution in [-0.4, -0.2) is 11.4 Å². The summed E-state index contributed by atoms with van der Waals surface area (Å²) in [7, 11) is 0. The minimum absolute atomic E-state index is 0.0148. The van der Waals surface area contributed by atoms with Crippen LogP contribution in [0.4, 0.5) is 5.69 Å². The van der Waals surface area contributed by atoms with Gasteiger partial charge in [0.1, 0.15) is 5.75 Å². The lowest BCUT2D eigenvalue weighted by atomic mass is 10.2. The van der Waals surface area contributed by atoms with Gasteiger partial charge in [0.2, 0.25) is 6.29 Å². The highest BCUT2D eigenvalue weighted by molar-refractivity contribution is 5.78. The van der Waals surface area contributed by atoms with Crippen molar-refractivity contribution in [1.82, 2.24) is 0 Å². The Kier molecular flexibility index (Phi) is 1.58. The minimum atomic E-state index is -0.0148. The molecule has 0 aromatic heterocycles. The van der Waals surface area contributed by atoms with Gasteiger partial charge in [0.15, 0.2) is 0 Å². The first kappa shape index (κ1) is 6.61. The van der Waals surface area contributed by atoms with Gasteiger partial charge in [0, 0.05) is 5.56 Å². The number of anilines is 1. The molecule has 51 valence electrons. The summed E-state index contributed by atoms with van der Waals surface area (Å²) in [5, 5.41) is 8.88. The molecule has 0 amide bonds. The molecular formula is C7H6NO2. The highest BCUT2D eigenvalue weighted by Gasteiger charge is 1.96. The van der Waals surface area contributed by atoms with Crippen LogP contribution >= 0.6 is 0 Å². The zero-order valence-corrected chi connectivity index (χ0v) is 5.16. The lowest BCUT2D eigenvalue weighted by molar-refractivity contribution is 0.478. The average molecular weight is 136 g/mol. The lowest BCUT2D eigenvalue weighted by Crippen LogP contribution is -1.87. The van der Waals surface area contributed by atoms with Crippen LogP contribution in [0.5, 0.6) is 5.75 Å². The van der Waals surface area contributed by atoms with E-state index in [4.69, 9.17) is 10.8 Å². The van der Waals surface area contributed by atoms with Gasteiger partial charge in [0.05, 0.1) is 5.69 Å².